The lowest BCUT2D eigenvalue weighted by Gasteiger charge is -2.04. The lowest BCUT2D eigenvalue weighted by atomic mass is 10.1. The minimum Gasteiger partial charge on any atom is -0.508 e. The van der Waals surface area contributed by atoms with E-state index in [1.165, 1.54) is 0 Å². The van der Waals surface area contributed by atoms with Gasteiger partial charge in [0.1, 0.15) is 11.4 Å². The van der Waals surface area contributed by atoms with Gasteiger partial charge in [0.2, 0.25) is 0 Å². The van der Waals surface area contributed by atoms with Gasteiger partial charge in [0.05, 0.1) is 0 Å². The van der Waals surface area contributed by atoms with Crippen LogP contribution in [0, 0.1) is 0 Å². The van der Waals surface area contributed by atoms with E-state index in [0.717, 1.165) is 16.8 Å². The summed E-state index contributed by atoms with van der Waals surface area (Å²) in [5, 5.41) is 9.27. The molecule has 1 aromatic heterocycles. The molecule has 0 bridgehead atoms. The predicted molar refractivity (Wildman–Crippen MR) is 85.0 cm³/mol. The van der Waals surface area contributed by atoms with E-state index >= 15 is 0 Å². The topological polar surface area (TPSA) is 66.0 Å². The smallest absolute Gasteiger partial charge is 0.270 e. The summed E-state index contributed by atoms with van der Waals surface area (Å²) < 4.78 is 0. The molecule has 0 fully saturated rings. The van der Waals surface area contributed by atoms with Crippen molar-refractivity contribution in [3.05, 3.63) is 93.7 Å². The molecule has 0 unspecified atom stereocenters. The first-order valence-electron chi connectivity index (χ1n) is 7.09. The van der Waals surface area contributed by atoms with Crippen molar-refractivity contribution in [2.24, 2.45) is 0 Å². The average molecular weight is 292 g/mol. The van der Waals surface area contributed by atoms with E-state index < -0.39 is 0 Å². The van der Waals surface area contributed by atoms with Gasteiger partial charge >= 0.3 is 0 Å². The van der Waals surface area contributed by atoms with Crippen molar-refractivity contribution < 1.29 is 5.11 Å². The second kappa shape index (κ2) is 6.26. The maximum absolute atomic E-state index is 12.1. The van der Waals surface area contributed by atoms with Crippen LogP contribution in [-0.4, -0.2) is 15.1 Å². The Labute approximate surface area is 128 Å². The molecule has 3 aromatic rings. The van der Waals surface area contributed by atoms with E-state index in [0.29, 0.717) is 18.5 Å². The van der Waals surface area contributed by atoms with Crippen molar-refractivity contribution in [2.75, 3.05) is 0 Å². The van der Waals surface area contributed by atoms with Crippen LogP contribution in [0.3, 0.4) is 0 Å². The summed E-state index contributed by atoms with van der Waals surface area (Å²) in [6, 6.07) is 16.7. The third kappa shape index (κ3) is 3.41. The normalized spacial score (nSPS) is 10.5. The summed E-state index contributed by atoms with van der Waals surface area (Å²) >= 11 is 0. The number of hydrogen-bond acceptors (Lipinski definition) is 3. The van der Waals surface area contributed by atoms with Crippen LogP contribution in [0.1, 0.15) is 22.5 Å². The summed E-state index contributed by atoms with van der Waals surface area (Å²) in [6.07, 6.45) is 2.80. The summed E-state index contributed by atoms with van der Waals surface area (Å²) in [7, 11) is 0. The molecule has 22 heavy (non-hydrogen) atoms. The Morgan fingerprint density at radius 2 is 1.59 bits per heavy atom. The van der Waals surface area contributed by atoms with Crippen LogP contribution in [0.4, 0.5) is 0 Å². The zero-order valence-corrected chi connectivity index (χ0v) is 12.0. The van der Waals surface area contributed by atoms with E-state index in [1.807, 2.05) is 42.5 Å². The fraction of sp³-hybridized carbons (Fsp3) is 0.111. The van der Waals surface area contributed by atoms with Gasteiger partial charge in [0, 0.05) is 24.7 Å². The van der Waals surface area contributed by atoms with Crippen LogP contribution in [0.15, 0.2) is 65.6 Å². The number of phenols is 1. The first-order valence-corrected chi connectivity index (χ1v) is 7.09. The molecule has 0 spiro atoms. The molecule has 1 heterocycles. The molecule has 2 aromatic carbocycles. The van der Waals surface area contributed by atoms with Gasteiger partial charge in [-0.1, -0.05) is 42.5 Å². The third-order valence-corrected chi connectivity index (χ3v) is 3.46. The second-order valence-corrected chi connectivity index (χ2v) is 5.19. The molecule has 0 aliphatic carbocycles. The Bertz CT molecular complexity index is 808. The van der Waals surface area contributed by atoms with Crippen LogP contribution >= 0.6 is 0 Å². The molecule has 0 atom stereocenters. The number of hydrogen-bond donors (Lipinski definition) is 2. The Hall–Kier alpha value is -2.88. The Balaban J connectivity index is 1.77. The lowest BCUT2D eigenvalue weighted by Crippen LogP contribution is -2.17. The van der Waals surface area contributed by atoms with Crippen LogP contribution in [0.25, 0.3) is 0 Å². The van der Waals surface area contributed by atoms with Crippen LogP contribution in [-0.2, 0) is 12.8 Å². The van der Waals surface area contributed by atoms with E-state index in [2.05, 4.69) is 9.97 Å². The third-order valence-electron chi connectivity index (χ3n) is 3.46. The van der Waals surface area contributed by atoms with Crippen molar-refractivity contribution in [1.82, 2.24) is 9.97 Å². The minimum absolute atomic E-state index is 0.153. The van der Waals surface area contributed by atoms with Gasteiger partial charge in [-0.2, -0.15) is 0 Å². The summed E-state index contributed by atoms with van der Waals surface area (Å²) in [5.74, 6) is 0.230. The number of H-pyrrole nitrogens is 1. The number of aromatic amines is 1. The number of aromatic nitrogens is 2. The molecule has 3 rings (SSSR count). The van der Waals surface area contributed by atoms with Crippen LogP contribution in [0.2, 0.25) is 0 Å². The molecule has 2 N–H and O–H groups in total. The highest BCUT2D eigenvalue weighted by Gasteiger charge is 2.05. The molecule has 0 saturated carbocycles. The number of benzene rings is 2. The Morgan fingerprint density at radius 3 is 2.27 bits per heavy atom. The highest BCUT2D eigenvalue weighted by atomic mass is 16.3. The fourth-order valence-electron chi connectivity index (χ4n) is 2.30. The molecule has 0 aliphatic rings. The molecular formula is C18H16N2O2. The molecule has 0 amide bonds. The fourth-order valence-corrected chi connectivity index (χ4v) is 2.30. The van der Waals surface area contributed by atoms with E-state index in [-0.39, 0.29) is 11.3 Å². The molecule has 0 saturated heterocycles. The zero-order valence-electron chi connectivity index (χ0n) is 12.0. The van der Waals surface area contributed by atoms with E-state index in [4.69, 9.17) is 0 Å². The molecule has 4 nitrogen and oxygen atoms in total. The Kier molecular flexibility index (Phi) is 4.01. The first-order chi connectivity index (χ1) is 10.7. The zero-order chi connectivity index (χ0) is 15.4. The number of phenolic OH excluding ortho intramolecular Hbond substituents is 1. The number of nitrogens with zero attached hydrogens (tertiary/aromatic N) is 1. The predicted octanol–water partition coefficient (Wildman–Crippen LogP) is 2.66. The Morgan fingerprint density at radius 1 is 0.909 bits per heavy atom. The second-order valence-electron chi connectivity index (χ2n) is 5.19. The van der Waals surface area contributed by atoms with Gasteiger partial charge in [-0.25, -0.2) is 0 Å². The summed E-state index contributed by atoms with van der Waals surface area (Å²) in [6.45, 7) is 0. The molecule has 110 valence electrons. The van der Waals surface area contributed by atoms with Crippen molar-refractivity contribution >= 4 is 0 Å². The van der Waals surface area contributed by atoms with Crippen molar-refractivity contribution in [3.8, 4) is 5.75 Å². The number of rotatable bonds is 4. The molecule has 0 aliphatic heterocycles. The highest BCUT2D eigenvalue weighted by Crippen LogP contribution is 2.12. The number of nitrogens with one attached hydrogen (secondary N) is 1. The molecule has 4 heteroatoms. The number of aromatic hydroxyl groups is 1. The molecule has 0 radical (unpaired) electrons. The van der Waals surface area contributed by atoms with Gasteiger partial charge in [-0.3, -0.25) is 9.78 Å². The van der Waals surface area contributed by atoms with Crippen molar-refractivity contribution in [1.29, 1.82) is 0 Å². The lowest BCUT2D eigenvalue weighted by molar-refractivity contribution is 0.475. The van der Waals surface area contributed by atoms with Crippen LogP contribution in [0.5, 0.6) is 5.75 Å². The summed E-state index contributed by atoms with van der Waals surface area (Å²) in [4.78, 5) is 19.3. The maximum Gasteiger partial charge on any atom is 0.270 e. The monoisotopic (exact) mass is 292 g/mol. The molecular weight excluding hydrogens is 276 g/mol. The van der Waals surface area contributed by atoms with Gasteiger partial charge in [0.25, 0.3) is 5.56 Å². The minimum atomic E-state index is -0.153. The van der Waals surface area contributed by atoms with Crippen molar-refractivity contribution in [2.45, 2.75) is 12.8 Å². The van der Waals surface area contributed by atoms with Gasteiger partial charge in [0.15, 0.2) is 0 Å². The van der Waals surface area contributed by atoms with Gasteiger partial charge in [-0.05, 0) is 23.3 Å². The van der Waals surface area contributed by atoms with Crippen LogP contribution < -0.4 is 5.56 Å². The standard InChI is InChI=1S/C18H16N2O2/c21-16-8-6-14(7-9-16)10-15-12-19-17(18(22)20-15)11-13-4-2-1-3-5-13/h1-9,12,21H,10-11H2,(H,20,22). The van der Waals surface area contributed by atoms with Crippen molar-refractivity contribution in [3.63, 3.8) is 0 Å². The average Bonchev–Trinajstić information content (AvgIpc) is 2.53. The maximum atomic E-state index is 12.1. The van der Waals surface area contributed by atoms with Gasteiger partial charge in [-0.15, -0.1) is 0 Å². The highest BCUT2D eigenvalue weighted by molar-refractivity contribution is 5.28. The quantitative estimate of drug-likeness (QED) is 0.777. The largest absolute Gasteiger partial charge is 0.508 e. The van der Waals surface area contributed by atoms with E-state index in [1.54, 1.807) is 18.3 Å². The first kappa shape index (κ1) is 14.1. The summed E-state index contributed by atoms with van der Waals surface area (Å²) in [5.41, 5.74) is 3.19. The van der Waals surface area contributed by atoms with Gasteiger partial charge < -0.3 is 10.1 Å². The van der Waals surface area contributed by atoms with E-state index in [9.17, 15) is 9.90 Å². The SMILES string of the molecule is O=c1[nH]c(Cc2ccc(O)cc2)cnc1Cc1ccccc1.